The third-order valence-corrected chi connectivity index (χ3v) is 0.483. The second kappa shape index (κ2) is 9.58. The standard InChI is InChI=1S/C4H4N2.BrH.HO3P/c1-2-4-6-5-3-1;;1-4(2)3/h1-4H;1H;(H-,1,2,3)/p+1. The van der Waals surface area contributed by atoms with Gasteiger partial charge in [0.2, 0.25) is 0 Å². The largest absolute Gasteiger partial charge is 0.692 e. The van der Waals surface area contributed by atoms with Gasteiger partial charge in [0.15, 0.2) is 0 Å². The van der Waals surface area contributed by atoms with E-state index >= 15 is 0 Å². The molecule has 0 saturated carbocycles. The normalized spacial score (nSPS) is 6.73. The molecule has 0 saturated heterocycles. The molecule has 0 radical (unpaired) electrons. The van der Waals surface area contributed by atoms with Crippen LogP contribution in [0.5, 0.6) is 0 Å². The van der Waals surface area contributed by atoms with Gasteiger partial charge in [-0.3, -0.25) is 0 Å². The molecular weight excluding hydrogens is 235 g/mol. The Kier molecular flexibility index (Phi) is 11.5. The molecular formula is C4H7BrN2O3P+. The third-order valence-electron chi connectivity index (χ3n) is 0.483. The summed E-state index contributed by atoms with van der Waals surface area (Å²) in [5.74, 6) is 0. The summed E-state index contributed by atoms with van der Waals surface area (Å²) in [5.41, 5.74) is 0. The number of hydrogen-bond donors (Lipinski definition) is 2. The van der Waals surface area contributed by atoms with Crippen LogP contribution in [0.4, 0.5) is 0 Å². The number of halogens is 1. The van der Waals surface area contributed by atoms with Gasteiger partial charge in [-0.15, -0.1) is 26.8 Å². The molecule has 0 bridgehead atoms. The summed E-state index contributed by atoms with van der Waals surface area (Å²) in [7, 11) is -2.87. The fourth-order valence-corrected chi connectivity index (χ4v) is 0.253. The first-order valence-corrected chi connectivity index (χ1v) is 3.46. The summed E-state index contributed by atoms with van der Waals surface area (Å²) in [5, 5.41) is 7.07. The molecule has 11 heavy (non-hydrogen) atoms. The molecule has 1 rings (SSSR count). The van der Waals surface area contributed by atoms with E-state index in [0.717, 1.165) is 0 Å². The van der Waals surface area contributed by atoms with Crippen molar-refractivity contribution in [1.82, 2.24) is 10.2 Å². The Morgan fingerprint density at radius 3 is 1.45 bits per heavy atom. The molecule has 7 heteroatoms. The fourth-order valence-electron chi connectivity index (χ4n) is 0.253. The highest BCUT2D eigenvalue weighted by Crippen LogP contribution is 1.98. The second-order valence-corrected chi connectivity index (χ2v) is 1.67. The van der Waals surface area contributed by atoms with Gasteiger partial charge in [0.25, 0.3) is 0 Å². The average Bonchev–Trinajstić information content (AvgIpc) is 1.90. The van der Waals surface area contributed by atoms with Crippen molar-refractivity contribution in [2.24, 2.45) is 0 Å². The summed E-state index contributed by atoms with van der Waals surface area (Å²) in [6.07, 6.45) is 3.28. The van der Waals surface area contributed by atoms with E-state index in [2.05, 4.69) is 10.2 Å². The van der Waals surface area contributed by atoms with Crippen LogP contribution in [0.1, 0.15) is 0 Å². The molecule has 0 aliphatic carbocycles. The molecule has 0 unspecified atom stereocenters. The Bertz CT molecular complexity index is 155. The van der Waals surface area contributed by atoms with Crippen molar-refractivity contribution in [3.63, 3.8) is 0 Å². The minimum Gasteiger partial charge on any atom is -0.159 e. The van der Waals surface area contributed by atoms with Gasteiger partial charge in [0.05, 0.1) is 0 Å². The van der Waals surface area contributed by atoms with Crippen LogP contribution in [0.2, 0.25) is 0 Å². The number of hydrogen-bond acceptors (Lipinski definition) is 3. The molecule has 62 valence electrons. The summed E-state index contributed by atoms with van der Waals surface area (Å²) in [4.78, 5) is 14.2. The van der Waals surface area contributed by atoms with Gasteiger partial charge in [-0.1, -0.05) is 0 Å². The first-order valence-electron chi connectivity index (χ1n) is 2.30. The lowest BCUT2D eigenvalue weighted by molar-refractivity contribution is 0.405. The van der Waals surface area contributed by atoms with Crippen molar-refractivity contribution in [3.8, 4) is 0 Å². The summed E-state index contributed by atoms with van der Waals surface area (Å²) in [6, 6.07) is 3.65. The lowest BCUT2D eigenvalue weighted by atomic mass is 10.6. The minimum atomic E-state index is -2.87. The van der Waals surface area contributed by atoms with Gasteiger partial charge in [0, 0.05) is 17.0 Å². The molecule has 0 spiro atoms. The van der Waals surface area contributed by atoms with Gasteiger partial charge >= 0.3 is 8.25 Å². The molecule has 5 nitrogen and oxygen atoms in total. The maximum atomic E-state index is 8.70. The minimum absolute atomic E-state index is 0. The van der Waals surface area contributed by atoms with E-state index in [1.165, 1.54) is 0 Å². The van der Waals surface area contributed by atoms with Crippen LogP contribution in [0, 0.1) is 0 Å². The van der Waals surface area contributed by atoms with Crippen LogP contribution in [0.3, 0.4) is 0 Å². The molecule has 1 aromatic heterocycles. The third kappa shape index (κ3) is 17.7. The van der Waals surface area contributed by atoms with Crippen molar-refractivity contribution in [2.45, 2.75) is 0 Å². The van der Waals surface area contributed by atoms with Gasteiger partial charge in [-0.25, -0.2) is 0 Å². The first kappa shape index (κ1) is 13.2. The van der Waals surface area contributed by atoms with Crippen molar-refractivity contribution in [3.05, 3.63) is 24.5 Å². The van der Waals surface area contributed by atoms with Gasteiger partial charge < -0.3 is 0 Å². The van der Waals surface area contributed by atoms with Crippen molar-refractivity contribution in [2.75, 3.05) is 0 Å². The fraction of sp³-hybridized carbons (Fsp3) is 0. The van der Waals surface area contributed by atoms with E-state index in [4.69, 9.17) is 14.4 Å². The van der Waals surface area contributed by atoms with Crippen LogP contribution in [-0.2, 0) is 4.57 Å². The highest BCUT2D eigenvalue weighted by Gasteiger charge is 1.93. The zero-order valence-corrected chi connectivity index (χ0v) is 7.97. The summed E-state index contributed by atoms with van der Waals surface area (Å²) < 4.78 is 8.70. The Morgan fingerprint density at radius 1 is 1.09 bits per heavy atom. The molecule has 2 N–H and O–H groups in total. The molecule has 0 amide bonds. The van der Waals surface area contributed by atoms with Crippen LogP contribution < -0.4 is 0 Å². The molecule has 1 aromatic rings. The topological polar surface area (TPSA) is 83.3 Å². The van der Waals surface area contributed by atoms with E-state index in [0.29, 0.717) is 0 Å². The van der Waals surface area contributed by atoms with Crippen LogP contribution in [0.25, 0.3) is 0 Å². The van der Waals surface area contributed by atoms with E-state index in [1.807, 2.05) is 12.1 Å². The Hall–Kier alpha value is -0.420. The molecule has 0 aromatic carbocycles. The van der Waals surface area contributed by atoms with Gasteiger partial charge in [0.1, 0.15) is 0 Å². The maximum Gasteiger partial charge on any atom is 0.692 e. The SMILES string of the molecule is Br.O=[P+](O)O.c1ccnnc1. The lowest BCUT2D eigenvalue weighted by Crippen LogP contribution is -1.69. The average molecular weight is 242 g/mol. The Labute approximate surface area is 74.8 Å². The summed E-state index contributed by atoms with van der Waals surface area (Å²) in [6.45, 7) is 0. The van der Waals surface area contributed by atoms with Crippen molar-refractivity contribution >= 4 is 25.2 Å². The molecule has 0 fully saturated rings. The zero-order chi connectivity index (χ0) is 7.82. The van der Waals surface area contributed by atoms with E-state index in [1.54, 1.807) is 12.4 Å². The quantitative estimate of drug-likeness (QED) is 0.653. The van der Waals surface area contributed by atoms with Crippen LogP contribution in [0.15, 0.2) is 24.5 Å². The van der Waals surface area contributed by atoms with Gasteiger partial charge in [-0.05, 0) is 12.1 Å². The molecule has 0 atom stereocenters. The smallest absolute Gasteiger partial charge is 0.159 e. The lowest BCUT2D eigenvalue weighted by Gasteiger charge is -1.69. The van der Waals surface area contributed by atoms with Crippen LogP contribution in [-0.4, -0.2) is 20.0 Å². The zero-order valence-electron chi connectivity index (χ0n) is 5.36. The highest BCUT2D eigenvalue weighted by molar-refractivity contribution is 8.93. The molecule has 1 heterocycles. The second-order valence-electron chi connectivity index (χ2n) is 1.17. The molecule has 0 aliphatic heterocycles. The van der Waals surface area contributed by atoms with Crippen molar-refractivity contribution in [1.29, 1.82) is 0 Å². The van der Waals surface area contributed by atoms with Gasteiger partial charge in [-0.2, -0.15) is 10.2 Å². The monoisotopic (exact) mass is 241 g/mol. The number of rotatable bonds is 0. The van der Waals surface area contributed by atoms with E-state index in [9.17, 15) is 0 Å². The molecule has 0 aliphatic rings. The van der Waals surface area contributed by atoms with E-state index < -0.39 is 8.25 Å². The van der Waals surface area contributed by atoms with Crippen molar-refractivity contribution < 1.29 is 14.4 Å². The van der Waals surface area contributed by atoms with E-state index in [-0.39, 0.29) is 17.0 Å². The predicted molar refractivity (Wildman–Crippen MR) is 44.4 cm³/mol. The first-order chi connectivity index (χ1) is 4.73. The number of nitrogens with zero attached hydrogens (tertiary/aromatic N) is 2. The summed E-state index contributed by atoms with van der Waals surface area (Å²) >= 11 is 0. The Balaban J connectivity index is 0. The predicted octanol–water partition coefficient (Wildman–Crippen LogP) is 0.683. The maximum absolute atomic E-state index is 8.70. The number of aromatic nitrogens is 2. The van der Waals surface area contributed by atoms with Crippen LogP contribution >= 0.6 is 25.2 Å². The highest BCUT2D eigenvalue weighted by atomic mass is 79.9. The Morgan fingerprint density at radius 2 is 1.36 bits per heavy atom.